The Morgan fingerprint density at radius 1 is 1.00 bits per heavy atom. The van der Waals surface area contributed by atoms with Gasteiger partial charge in [0.2, 0.25) is 0 Å². The van der Waals surface area contributed by atoms with Crippen molar-refractivity contribution in [2.45, 2.75) is 0 Å². The molecule has 0 unspecified atom stereocenters. The molecule has 0 fully saturated rings. The second-order valence-corrected chi connectivity index (χ2v) is 3.37. The molecule has 16 heavy (non-hydrogen) atoms. The van der Waals surface area contributed by atoms with Gasteiger partial charge in [-0.2, -0.15) is 0 Å². The lowest BCUT2D eigenvalue weighted by Crippen LogP contribution is -1.81. The van der Waals surface area contributed by atoms with E-state index in [-0.39, 0.29) is 11.4 Å². The van der Waals surface area contributed by atoms with E-state index in [1.807, 2.05) is 0 Å². The predicted molar refractivity (Wildman–Crippen MR) is 62.7 cm³/mol. The van der Waals surface area contributed by atoms with Crippen molar-refractivity contribution in [1.82, 2.24) is 0 Å². The third-order valence-electron chi connectivity index (χ3n) is 2.32. The van der Waals surface area contributed by atoms with E-state index in [2.05, 4.69) is 11.7 Å². The van der Waals surface area contributed by atoms with Crippen LogP contribution in [0.2, 0.25) is 0 Å². The summed E-state index contributed by atoms with van der Waals surface area (Å²) in [5.41, 5.74) is 1.82. The van der Waals surface area contributed by atoms with Gasteiger partial charge in [0, 0.05) is 0 Å². The second-order valence-electron chi connectivity index (χ2n) is 3.37. The first kappa shape index (κ1) is 10.4. The molecule has 3 heteroatoms. The van der Waals surface area contributed by atoms with Gasteiger partial charge >= 0.3 is 0 Å². The first-order valence-corrected chi connectivity index (χ1v) is 4.76. The molecule has 0 spiro atoms. The minimum atomic E-state index is -0.402. The molecule has 0 saturated heterocycles. The number of aromatic hydroxyl groups is 1. The van der Waals surface area contributed by atoms with E-state index in [0.717, 1.165) is 11.1 Å². The maximum absolute atomic E-state index is 13.4. The van der Waals surface area contributed by atoms with Gasteiger partial charge in [-0.25, -0.2) is 4.39 Å². The van der Waals surface area contributed by atoms with Crippen molar-refractivity contribution < 1.29 is 9.50 Å². The van der Waals surface area contributed by atoms with E-state index in [0.29, 0.717) is 0 Å². The summed E-state index contributed by atoms with van der Waals surface area (Å²) in [5, 5.41) is 9.14. The topological polar surface area (TPSA) is 32.6 Å². The molecule has 0 saturated carbocycles. The lowest BCUT2D eigenvalue weighted by molar-refractivity contribution is 0.475. The molecular weight excluding hydrogens is 205 g/mol. The van der Waals surface area contributed by atoms with Gasteiger partial charge in [-0.05, 0) is 42.1 Å². The van der Waals surface area contributed by atoms with Gasteiger partial charge < -0.3 is 5.11 Å². The molecular formula is C13H10FNO. The van der Waals surface area contributed by atoms with E-state index in [1.165, 1.54) is 6.07 Å². The van der Waals surface area contributed by atoms with E-state index in [9.17, 15) is 4.39 Å². The van der Waals surface area contributed by atoms with Gasteiger partial charge in [0.05, 0.1) is 5.69 Å². The normalized spacial score (nSPS) is 10.1. The van der Waals surface area contributed by atoms with Crippen LogP contribution in [0.3, 0.4) is 0 Å². The minimum absolute atomic E-state index is 0.189. The summed E-state index contributed by atoms with van der Waals surface area (Å²) in [4.78, 5) is 3.55. The van der Waals surface area contributed by atoms with Crippen LogP contribution in [-0.2, 0) is 0 Å². The summed E-state index contributed by atoms with van der Waals surface area (Å²) in [6, 6.07) is 11.3. The minimum Gasteiger partial charge on any atom is -0.508 e. The van der Waals surface area contributed by atoms with Crippen LogP contribution in [0.4, 0.5) is 10.1 Å². The first-order chi connectivity index (χ1) is 7.70. The Morgan fingerprint density at radius 3 is 2.19 bits per heavy atom. The quantitative estimate of drug-likeness (QED) is 0.763. The third kappa shape index (κ3) is 1.93. The Morgan fingerprint density at radius 2 is 1.62 bits per heavy atom. The van der Waals surface area contributed by atoms with Gasteiger partial charge in [0.25, 0.3) is 0 Å². The van der Waals surface area contributed by atoms with Gasteiger partial charge in [0.15, 0.2) is 0 Å². The number of phenols is 1. The van der Waals surface area contributed by atoms with E-state index < -0.39 is 5.82 Å². The fraction of sp³-hybridized carbons (Fsp3) is 0. The zero-order valence-corrected chi connectivity index (χ0v) is 8.52. The molecule has 2 nitrogen and oxygen atoms in total. The zero-order chi connectivity index (χ0) is 11.5. The first-order valence-electron chi connectivity index (χ1n) is 4.76. The van der Waals surface area contributed by atoms with Crippen LogP contribution < -0.4 is 0 Å². The number of halogens is 1. The lowest BCUT2D eigenvalue weighted by Gasteiger charge is -2.03. The molecule has 2 rings (SSSR count). The molecule has 0 aliphatic carbocycles. The van der Waals surface area contributed by atoms with Crippen LogP contribution in [0, 0.1) is 5.82 Å². The van der Waals surface area contributed by atoms with Crippen molar-refractivity contribution in [3.63, 3.8) is 0 Å². The Bertz CT molecular complexity index is 520. The van der Waals surface area contributed by atoms with Crippen molar-refractivity contribution >= 4 is 12.4 Å². The summed E-state index contributed by atoms with van der Waals surface area (Å²) in [7, 11) is 0. The van der Waals surface area contributed by atoms with Crippen molar-refractivity contribution in [2.24, 2.45) is 4.99 Å². The largest absolute Gasteiger partial charge is 0.508 e. The highest BCUT2D eigenvalue weighted by atomic mass is 19.1. The molecule has 0 aliphatic rings. The molecule has 0 atom stereocenters. The van der Waals surface area contributed by atoms with Crippen LogP contribution in [0.15, 0.2) is 47.5 Å². The Labute approximate surface area is 92.7 Å². The Balaban J connectivity index is 2.45. The highest BCUT2D eigenvalue weighted by Crippen LogP contribution is 2.26. The predicted octanol–water partition coefficient (Wildman–Crippen LogP) is 3.53. The number of phenolic OH excluding ortho intramolecular Hbond substituents is 1. The Hall–Kier alpha value is -2.16. The van der Waals surface area contributed by atoms with Gasteiger partial charge in [0.1, 0.15) is 11.6 Å². The molecule has 0 radical (unpaired) electrons. The highest BCUT2D eigenvalue weighted by molar-refractivity contribution is 5.66. The molecule has 0 amide bonds. The Kier molecular flexibility index (Phi) is 2.68. The third-order valence-corrected chi connectivity index (χ3v) is 2.32. The fourth-order valence-electron chi connectivity index (χ4n) is 1.47. The number of rotatable bonds is 2. The summed E-state index contributed by atoms with van der Waals surface area (Å²) in [5.74, 6) is -0.214. The number of aliphatic imine (C=N–C) groups is 1. The maximum Gasteiger partial charge on any atom is 0.149 e. The monoisotopic (exact) mass is 215 g/mol. The summed E-state index contributed by atoms with van der Waals surface area (Å²) < 4.78 is 13.4. The molecule has 2 aromatic rings. The smallest absolute Gasteiger partial charge is 0.149 e. The van der Waals surface area contributed by atoms with E-state index in [1.54, 1.807) is 36.4 Å². The fourth-order valence-corrected chi connectivity index (χ4v) is 1.47. The van der Waals surface area contributed by atoms with Crippen molar-refractivity contribution in [3.05, 3.63) is 48.3 Å². The summed E-state index contributed by atoms with van der Waals surface area (Å²) in [6.45, 7) is 3.28. The van der Waals surface area contributed by atoms with Crippen molar-refractivity contribution in [2.75, 3.05) is 0 Å². The second kappa shape index (κ2) is 4.14. The van der Waals surface area contributed by atoms with Crippen LogP contribution >= 0.6 is 0 Å². The molecule has 0 heterocycles. The van der Waals surface area contributed by atoms with Crippen LogP contribution in [0.25, 0.3) is 11.1 Å². The van der Waals surface area contributed by atoms with Gasteiger partial charge in [-0.15, -0.1) is 0 Å². The van der Waals surface area contributed by atoms with Gasteiger partial charge in [-0.1, -0.05) is 18.2 Å². The van der Waals surface area contributed by atoms with E-state index >= 15 is 0 Å². The van der Waals surface area contributed by atoms with Crippen molar-refractivity contribution in [3.8, 4) is 16.9 Å². The molecule has 2 aromatic carbocycles. The standard InChI is InChI=1S/C13H10FNO/c1-15-13-7-4-10(8-12(13)14)9-2-5-11(16)6-3-9/h2-8,16H,1H2. The van der Waals surface area contributed by atoms with E-state index in [4.69, 9.17) is 5.11 Å². The summed E-state index contributed by atoms with van der Waals surface area (Å²) in [6.07, 6.45) is 0. The van der Waals surface area contributed by atoms with Gasteiger partial charge in [-0.3, -0.25) is 4.99 Å². The maximum atomic E-state index is 13.4. The average molecular weight is 215 g/mol. The number of hydrogen-bond donors (Lipinski definition) is 1. The molecule has 0 aromatic heterocycles. The lowest BCUT2D eigenvalue weighted by atomic mass is 10.1. The number of nitrogens with zero attached hydrogens (tertiary/aromatic N) is 1. The molecule has 0 aliphatic heterocycles. The van der Waals surface area contributed by atoms with Crippen LogP contribution in [-0.4, -0.2) is 11.8 Å². The summed E-state index contributed by atoms with van der Waals surface area (Å²) >= 11 is 0. The van der Waals surface area contributed by atoms with Crippen LogP contribution in [0.5, 0.6) is 5.75 Å². The highest BCUT2D eigenvalue weighted by Gasteiger charge is 2.03. The number of hydrogen-bond acceptors (Lipinski definition) is 2. The number of benzene rings is 2. The average Bonchev–Trinajstić information content (AvgIpc) is 2.30. The van der Waals surface area contributed by atoms with Crippen molar-refractivity contribution in [1.29, 1.82) is 0 Å². The zero-order valence-electron chi connectivity index (χ0n) is 8.52. The molecule has 1 N–H and O–H groups in total. The molecule has 80 valence electrons. The molecule has 0 bridgehead atoms. The SMILES string of the molecule is C=Nc1ccc(-c2ccc(O)cc2)cc1F. The van der Waals surface area contributed by atoms with Crippen LogP contribution in [0.1, 0.15) is 0 Å².